The van der Waals surface area contributed by atoms with Crippen molar-refractivity contribution in [2.75, 3.05) is 45.9 Å². The average Bonchev–Trinajstić information content (AvgIpc) is 3.50. The van der Waals surface area contributed by atoms with Gasteiger partial charge in [0.1, 0.15) is 5.75 Å². The minimum Gasteiger partial charge on any atom is -0.508 e. The van der Waals surface area contributed by atoms with Gasteiger partial charge in [0, 0.05) is 36.8 Å². The van der Waals surface area contributed by atoms with Crippen molar-refractivity contribution < 1.29 is 9.84 Å². The van der Waals surface area contributed by atoms with Crippen molar-refractivity contribution in [2.24, 2.45) is 0 Å². The van der Waals surface area contributed by atoms with E-state index >= 15 is 0 Å². The standard InChI is InChI=1S/C22H29N3O2/c26-20-4-1-3-18(15-20)21-16-19(5-9-24-21)22(6-7-22)17-23-8-2-10-25-11-13-27-14-12-25/h1,3-5,9,15-16,23,26H,2,6-8,10-14,17H2. The van der Waals surface area contributed by atoms with Gasteiger partial charge >= 0.3 is 0 Å². The van der Waals surface area contributed by atoms with E-state index < -0.39 is 0 Å². The van der Waals surface area contributed by atoms with Crippen LogP contribution in [0.3, 0.4) is 0 Å². The molecule has 0 unspecified atom stereocenters. The number of hydrogen-bond donors (Lipinski definition) is 2. The van der Waals surface area contributed by atoms with Crippen molar-refractivity contribution in [2.45, 2.75) is 24.7 Å². The molecule has 5 heteroatoms. The molecule has 0 bridgehead atoms. The SMILES string of the molecule is Oc1cccc(-c2cc(C3(CNCCCN4CCOCC4)CC3)ccn2)c1. The summed E-state index contributed by atoms with van der Waals surface area (Å²) in [6, 6.07) is 11.7. The van der Waals surface area contributed by atoms with Crippen molar-refractivity contribution in [3.05, 3.63) is 48.2 Å². The Hall–Kier alpha value is -1.95. The lowest BCUT2D eigenvalue weighted by molar-refractivity contribution is 0.0374. The molecule has 1 aliphatic heterocycles. The number of aromatic hydroxyl groups is 1. The van der Waals surface area contributed by atoms with Gasteiger partial charge in [-0.15, -0.1) is 0 Å². The highest BCUT2D eigenvalue weighted by atomic mass is 16.5. The lowest BCUT2D eigenvalue weighted by Crippen LogP contribution is -2.38. The molecule has 144 valence electrons. The Balaban J connectivity index is 1.31. The van der Waals surface area contributed by atoms with E-state index in [9.17, 15) is 5.11 Å². The number of phenolic OH excluding ortho intramolecular Hbond substituents is 1. The second-order valence-electron chi connectivity index (χ2n) is 7.74. The number of hydrogen-bond acceptors (Lipinski definition) is 5. The summed E-state index contributed by atoms with van der Waals surface area (Å²) in [5.74, 6) is 0.280. The van der Waals surface area contributed by atoms with Gasteiger partial charge in [0.15, 0.2) is 0 Å². The van der Waals surface area contributed by atoms with E-state index in [2.05, 4.69) is 27.3 Å². The number of rotatable bonds is 8. The molecule has 1 aliphatic carbocycles. The van der Waals surface area contributed by atoms with Crippen LogP contribution in [-0.4, -0.2) is 60.9 Å². The van der Waals surface area contributed by atoms with Gasteiger partial charge in [0.05, 0.1) is 18.9 Å². The lowest BCUT2D eigenvalue weighted by Gasteiger charge is -2.26. The maximum atomic E-state index is 9.73. The average molecular weight is 367 g/mol. The number of nitrogens with zero attached hydrogens (tertiary/aromatic N) is 2. The van der Waals surface area contributed by atoms with Gasteiger partial charge in [-0.2, -0.15) is 0 Å². The van der Waals surface area contributed by atoms with Crippen molar-refractivity contribution in [3.8, 4) is 17.0 Å². The fourth-order valence-corrected chi connectivity index (χ4v) is 3.88. The van der Waals surface area contributed by atoms with Crippen LogP contribution in [0.25, 0.3) is 11.3 Å². The molecule has 27 heavy (non-hydrogen) atoms. The number of benzene rings is 1. The summed E-state index contributed by atoms with van der Waals surface area (Å²) in [6.45, 7) is 7.13. The zero-order chi connectivity index (χ0) is 18.5. The molecule has 0 spiro atoms. The van der Waals surface area contributed by atoms with Crippen molar-refractivity contribution in [1.82, 2.24) is 15.2 Å². The summed E-state index contributed by atoms with van der Waals surface area (Å²) in [4.78, 5) is 6.99. The normalized spacial score (nSPS) is 19.1. The first-order valence-corrected chi connectivity index (χ1v) is 10.0. The lowest BCUT2D eigenvalue weighted by atomic mass is 9.95. The van der Waals surface area contributed by atoms with E-state index in [1.807, 2.05) is 18.3 Å². The van der Waals surface area contributed by atoms with E-state index in [-0.39, 0.29) is 11.2 Å². The fourth-order valence-electron chi connectivity index (χ4n) is 3.88. The zero-order valence-electron chi connectivity index (χ0n) is 15.9. The van der Waals surface area contributed by atoms with Gasteiger partial charge in [-0.3, -0.25) is 9.88 Å². The molecule has 2 N–H and O–H groups in total. The molecule has 0 radical (unpaired) electrons. The fraction of sp³-hybridized carbons (Fsp3) is 0.500. The molecule has 5 nitrogen and oxygen atoms in total. The molecule has 2 fully saturated rings. The molecule has 1 saturated carbocycles. The predicted octanol–water partition coefficient (Wildman–Crippen LogP) is 2.80. The maximum Gasteiger partial charge on any atom is 0.116 e. The molecule has 2 aliphatic rings. The van der Waals surface area contributed by atoms with Gasteiger partial charge in [-0.1, -0.05) is 12.1 Å². The Morgan fingerprint density at radius 2 is 2.00 bits per heavy atom. The van der Waals surface area contributed by atoms with Gasteiger partial charge in [-0.05, 0) is 62.2 Å². The highest BCUT2D eigenvalue weighted by molar-refractivity contribution is 5.62. The van der Waals surface area contributed by atoms with Crippen LogP contribution in [0.5, 0.6) is 5.75 Å². The number of pyridine rings is 1. The third kappa shape index (κ3) is 4.67. The molecule has 1 aromatic carbocycles. The summed E-state index contributed by atoms with van der Waals surface area (Å²) in [7, 11) is 0. The first-order valence-electron chi connectivity index (χ1n) is 10.0. The number of phenols is 1. The predicted molar refractivity (Wildman–Crippen MR) is 107 cm³/mol. The molecular weight excluding hydrogens is 338 g/mol. The second-order valence-corrected chi connectivity index (χ2v) is 7.74. The Kier molecular flexibility index (Phi) is 5.72. The number of aromatic nitrogens is 1. The van der Waals surface area contributed by atoms with Crippen LogP contribution in [-0.2, 0) is 10.2 Å². The molecule has 0 amide bonds. The maximum absolute atomic E-state index is 9.73. The van der Waals surface area contributed by atoms with Crippen LogP contribution < -0.4 is 5.32 Å². The van der Waals surface area contributed by atoms with Gasteiger partial charge < -0.3 is 15.2 Å². The molecule has 2 heterocycles. The van der Waals surface area contributed by atoms with E-state index in [0.717, 1.165) is 57.2 Å². The minimum absolute atomic E-state index is 0.257. The molecular formula is C22H29N3O2. The van der Waals surface area contributed by atoms with Crippen molar-refractivity contribution in [1.29, 1.82) is 0 Å². The Morgan fingerprint density at radius 3 is 2.78 bits per heavy atom. The molecule has 4 rings (SSSR count). The van der Waals surface area contributed by atoms with Crippen LogP contribution in [0.4, 0.5) is 0 Å². The summed E-state index contributed by atoms with van der Waals surface area (Å²) in [5, 5.41) is 13.4. The molecule has 1 saturated heterocycles. The number of ether oxygens (including phenoxy) is 1. The summed E-state index contributed by atoms with van der Waals surface area (Å²) < 4.78 is 5.40. The highest BCUT2D eigenvalue weighted by Gasteiger charge is 2.43. The van der Waals surface area contributed by atoms with Crippen LogP contribution in [0.1, 0.15) is 24.8 Å². The number of morpholine rings is 1. The highest BCUT2D eigenvalue weighted by Crippen LogP contribution is 2.48. The monoisotopic (exact) mass is 367 g/mol. The van der Waals surface area contributed by atoms with E-state index in [4.69, 9.17) is 4.74 Å². The number of nitrogens with one attached hydrogen (secondary N) is 1. The molecule has 2 aromatic rings. The summed E-state index contributed by atoms with van der Waals surface area (Å²) in [5.41, 5.74) is 3.51. The minimum atomic E-state index is 0.257. The first-order chi connectivity index (χ1) is 13.3. The zero-order valence-corrected chi connectivity index (χ0v) is 15.9. The van der Waals surface area contributed by atoms with Crippen LogP contribution in [0, 0.1) is 0 Å². The van der Waals surface area contributed by atoms with Gasteiger partial charge in [0.25, 0.3) is 0 Å². The Morgan fingerprint density at radius 1 is 1.15 bits per heavy atom. The van der Waals surface area contributed by atoms with E-state index in [0.29, 0.717) is 0 Å². The van der Waals surface area contributed by atoms with Gasteiger partial charge in [-0.25, -0.2) is 0 Å². The Labute approximate surface area is 161 Å². The summed E-state index contributed by atoms with van der Waals surface area (Å²) >= 11 is 0. The summed E-state index contributed by atoms with van der Waals surface area (Å²) in [6.07, 6.45) is 5.54. The van der Waals surface area contributed by atoms with Gasteiger partial charge in [0.2, 0.25) is 0 Å². The van der Waals surface area contributed by atoms with Crippen molar-refractivity contribution in [3.63, 3.8) is 0 Å². The first kappa shape index (κ1) is 18.4. The largest absolute Gasteiger partial charge is 0.508 e. The van der Waals surface area contributed by atoms with Crippen LogP contribution in [0.15, 0.2) is 42.6 Å². The Bertz CT molecular complexity index is 755. The third-order valence-corrected chi connectivity index (χ3v) is 5.76. The van der Waals surface area contributed by atoms with E-state index in [1.165, 1.54) is 24.8 Å². The third-order valence-electron chi connectivity index (χ3n) is 5.76. The quantitative estimate of drug-likeness (QED) is 0.703. The topological polar surface area (TPSA) is 57.6 Å². The van der Waals surface area contributed by atoms with E-state index in [1.54, 1.807) is 12.1 Å². The molecule has 0 atom stereocenters. The van der Waals surface area contributed by atoms with Crippen molar-refractivity contribution >= 4 is 0 Å². The smallest absolute Gasteiger partial charge is 0.116 e. The van der Waals surface area contributed by atoms with Crippen LogP contribution >= 0.6 is 0 Å². The van der Waals surface area contributed by atoms with Crippen LogP contribution in [0.2, 0.25) is 0 Å². The molecule has 1 aromatic heterocycles. The second kappa shape index (κ2) is 8.38.